The molecule has 1 saturated heterocycles. The fourth-order valence-corrected chi connectivity index (χ4v) is 6.67. The minimum Gasteiger partial charge on any atom is -0.388 e. The highest BCUT2D eigenvalue weighted by atomic mass is 16.3. The summed E-state index contributed by atoms with van der Waals surface area (Å²) in [5.74, 6) is 0.275. The third kappa shape index (κ3) is 5.47. The van der Waals surface area contributed by atoms with Crippen molar-refractivity contribution in [2.45, 2.75) is 68.0 Å². The molecule has 40 heavy (non-hydrogen) atoms. The smallest absolute Gasteiger partial charge is 0.320 e. The molecular weight excluding hydrogens is 506 g/mol. The van der Waals surface area contributed by atoms with Crippen LogP contribution in [0.25, 0.3) is 0 Å². The van der Waals surface area contributed by atoms with Crippen LogP contribution in [0.15, 0.2) is 47.7 Å². The van der Waals surface area contributed by atoms with Crippen LogP contribution in [0.2, 0.25) is 0 Å². The maximum Gasteiger partial charge on any atom is 0.320 e. The van der Waals surface area contributed by atoms with Gasteiger partial charge in [0.2, 0.25) is 5.91 Å². The second-order valence-corrected chi connectivity index (χ2v) is 11.9. The van der Waals surface area contributed by atoms with E-state index < -0.39 is 5.60 Å². The molecule has 5 rings (SSSR count). The number of carbonyl (C=O) groups is 2. The second-order valence-electron chi connectivity index (χ2n) is 11.9. The van der Waals surface area contributed by atoms with E-state index in [-0.39, 0.29) is 29.4 Å². The van der Waals surface area contributed by atoms with Gasteiger partial charge in [0, 0.05) is 32.1 Å². The van der Waals surface area contributed by atoms with Gasteiger partial charge < -0.3 is 20.2 Å². The topological polar surface area (TPSA) is 114 Å². The molecule has 1 aromatic carbocycles. The molecule has 2 heterocycles. The molecule has 10 heteroatoms. The van der Waals surface area contributed by atoms with E-state index in [0.29, 0.717) is 31.1 Å². The van der Waals surface area contributed by atoms with E-state index >= 15 is 0 Å². The van der Waals surface area contributed by atoms with Crippen molar-refractivity contribution in [3.8, 4) is 0 Å². The summed E-state index contributed by atoms with van der Waals surface area (Å²) in [7, 11) is 5.92. The average molecular weight is 548 g/mol. The molecule has 3 fully saturated rings. The van der Waals surface area contributed by atoms with Gasteiger partial charge in [-0.2, -0.15) is 0 Å². The van der Waals surface area contributed by atoms with E-state index in [9.17, 15) is 14.7 Å². The standard InChI is InChI=1S/C30H41N7O3/c1-31-20-25-32-18-24(19-33-25)34-26(38)10-17-36-21-28(37(27(36)39)22-29(40)11-7-12-29)13-15-30(16-14-28,35(2)3)23-8-5-4-6-9-23/h4-6,8-9,18-20,40H,7,10-17,21-22H2,1-3H3,(H,34,38). The lowest BCUT2D eigenvalue weighted by atomic mass is 9.67. The zero-order valence-corrected chi connectivity index (χ0v) is 23.8. The third-order valence-electron chi connectivity index (χ3n) is 9.28. The van der Waals surface area contributed by atoms with E-state index in [1.54, 1.807) is 25.7 Å². The summed E-state index contributed by atoms with van der Waals surface area (Å²) >= 11 is 0. The first-order valence-corrected chi connectivity index (χ1v) is 14.2. The molecule has 0 bridgehead atoms. The molecular formula is C30H41N7O3. The van der Waals surface area contributed by atoms with E-state index in [0.717, 1.165) is 44.9 Å². The van der Waals surface area contributed by atoms with Crippen LogP contribution < -0.4 is 5.32 Å². The lowest BCUT2D eigenvalue weighted by Gasteiger charge is -2.52. The van der Waals surface area contributed by atoms with Crippen molar-refractivity contribution in [2.75, 3.05) is 46.1 Å². The molecule has 1 aliphatic heterocycles. The van der Waals surface area contributed by atoms with Crippen LogP contribution in [0.3, 0.4) is 0 Å². The Bertz CT molecular complexity index is 1220. The Kier molecular flexibility index (Phi) is 7.92. The van der Waals surface area contributed by atoms with E-state index in [4.69, 9.17) is 0 Å². The van der Waals surface area contributed by atoms with Crippen molar-refractivity contribution in [3.05, 3.63) is 54.1 Å². The monoisotopic (exact) mass is 547 g/mol. The minimum atomic E-state index is -0.805. The number of benzene rings is 1. The van der Waals surface area contributed by atoms with Gasteiger partial charge in [-0.05, 0) is 64.6 Å². The minimum absolute atomic E-state index is 0.0725. The van der Waals surface area contributed by atoms with Gasteiger partial charge in [0.15, 0.2) is 5.82 Å². The Hall–Kier alpha value is -3.37. The fourth-order valence-electron chi connectivity index (χ4n) is 6.67. The zero-order chi connectivity index (χ0) is 28.4. The average Bonchev–Trinajstić information content (AvgIpc) is 3.18. The molecule has 0 atom stereocenters. The molecule has 0 unspecified atom stereocenters. The highest BCUT2D eigenvalue weighted by molar-refractivity contribution is 5.91. The molecule has 2 aromatic rings. The largest absolute Gasteiger partial charge is 0.388 e. The number of aliphatic imine (C=N–C) groups is 1. The molecule has 1 aromatic heterocycles. The van der Waals surface area contributed by atoms with Crippen LogP contribution in [0.1, 0.15) is 62.8 Å². The predicted octanol–water partition coefficient (Wildman–Crippen LogP) is 3.28. The van der Waals surface area contributed by atoms with Crippen molar-refractivity contribution < 1.29 is 14.7 Å². The zero-order valence-electron chi connectivity index (χ0n) is 23.8. The number of anilines is 1. The first kappa shape index (κ1) is 28.2. The Balaban J connectivity index is 1.29. The maximum atomic E-state index is 13.8. The maximum absolute atomic E-state index is 13.8. The molecule has 3 amide bonds. The number of amides is 3. The van der Waals surface area contributed by atoms with Crippen molar-refractivity contribution in [1.82, 2.24) is 24.7 Å². The molecule has 2 aliphatic carbocycles. The highest BCUT2D eigenvalue weighted by Gasteiger charge is 2.56. The molecule has 2 N–H and O–H groups in total. The number of hydrogen-bond acceptors (Lipinski definition) is 7. The van der Waals surface area contributed by atoms with E-state index in [1.165, 1.54) is 5.56 Å². The normalized spacial score (nSPS) is 26.1. The number of carbonyl (C=O) groups excluding carboxylic acids is 2. The van der Waals surface area contributed by atoms with Crippen molar-refractivity contribution in [3.63, 3.8) is 0 Å². The highest BCUT2D eigenvalue weighted by Crippen LogP contribution is 2.50. The molecule has 1 spiro atoms. The lowest BCUT2D eigenvalue weighted by molar-refractivity contribution is -0.116. The van der Waals surface area contributed by atoms with Crippen LogP contribution in [0.4, 0.5) is 10.5 Å². The number of rotatable bonds is 9. The van der Waals surface area contributed by atoms with E-state index in [1.807, 2.05) is 15.9 Å². The number of nitrogens with zero attached hydrogens (tertiary/aromatic N) is 6. The van der Waals surface area contributed by atoms with Gasteiger partial charge in [-0.15, -0.1) is 0 Å². The van der Waals surface area contributed by atoms with Gasteiger partial charge in [0.25, 0.3) is 0 Å². The van der Waals surface area contributed by atoms with Crippen LogP contribution >= 0.6 is 0 Å². The fraction of sp³-hybridized carbons (Fsp3) is 0.567. The molecule has 0 radical (unpaired) electrons. The quantitative estimate of drug-likeness (QED) is 0.466. The van der Waals surface area contributed by atoms with Crippen molar-refractivity contribution in [1.29, 1.82) is 0 Å². The number of urea groups is 1. The van der Waals surface area contributed by atoms with Crippen molar-refractivity contribution >= 4 is 23.8 Å². The summed E-state index contributed by atoms with van der Waals surface area (Å²) in [4.78, 5) is 44.8. The van der Waals surface area contributed by atoms with Gasteiger partial charge >= 0.3 is 6.03 Å². The number of aromatic nitrogens is 2. The number of aliphatic hydroxyl groups is 1. The number of hydrogen-bond donors (Lipinski definition) is 2. The summed E-state index contributed by atoms with van der Waals surface area (Å²) < 4.78 is 0. The molecule has 214 valence electrons. The van der Waals surface area contributed by atoms with Gasteiger partial charge in [0.05, 0.1) is 42.0 Å². The summed E-state index contributed by atoms with van der Waals surface area (Å²) in [5, 5.41) is 13.9. The molecule has 10 nitrogen and oxygen atoms in total. The predicted molar refractivity (Wildman–Crippen MR) is 154 cm³/mol. The summed E-state index contributed by atoms with van der Waals surface area (Å²) in [6, 6.07) is 10.6. The van der Waals surface area contributed by atoms with Gasteiger partial charge in [-0.3, -0.25) is 14.7 Å². The van der Waals surface area contributed by atoms with Crippen LogP contribution in [0.5, 0.6) is 0 Å². The number of nitrogens with one attached hydrogen (secondary N) is 1. The van der Waals surface area contributed by atoms with Crippen LogP contribution in [-0.2, 0) is 10.3 Å². The van der Waals surface area contributed by atoms with E-state index in [2.05, 4.69) is 63.5 Å². The van der Waals surface area contributed by atoms with Gasteiger partial charge in [0.1, 0.15) is 0 Å². The summed E-state index contributed by atoms with van der Waals surface area (Å²) in [6.45, 7) is 1.25. The first-order chi connectivity index (χ1) is 19.2. The Morgan fingerprint density at radius 2 is 1.77 bits per heavy atom. The van der Waals surface area contributed by atoms with Crippen molar-refractivity contribution in [2.24, 2.45) is 4.99 Å². The third-order valence-corrected chi connectivity index (χ3v) is 9.28. The van der Waals surface area contributed by atoms with Gasteiger partial charge in [-0.1, -0.05) is 30.3 Å². The van der Waals surface area contributed by atoms with Gasteiger partial charge in [-0.25, -0.2) is 14.8 Å². The Labute approximate surface area is 236 Å². The Morgan fingerprint density at radius 3 is 2.35 bits per heavy atom. The molecule has 2 saturated carbocycles. The van der Waals surface area contributed by atoms with Crippen LogP contribution in [0, 0.1) is 0 Å². The SMILES string of the molecule is CN=Cc1ncc(NC(=O)CCN2CC3(CCC(c4ccccc4)(N(C)C)CC3)N(CC3(O)CCC3)C2=O)cn1. The summed E-state index contributed by atoms with van der Waals surface area (Å²) in [5.41, 5.74) is 0.556. The molecule has 3 aliphatic rings. The lowest BCUT2D eigenvalue weighted by Crippen LogP contribution is -2.59. The second kappa shape index (κ2) is 11.2. The van der Waals surface area contributed by atoms with Crippen LogP contribution in [-0.4, -0.2) is 99.8 Å². The summed E-state index contributed by atoms with van der Waals surface area (Å²) in [6.07, 6.45) is 10.8. The first-order valence-electron chi connectivity index (χ1n) is 14.2. The number of β-amino-alcohol motifs (C(OH)–C–C–N with tert-alkyl or cyclic N) is 1. The Morgan fingerprint density at radius 1 is 1.10 bits per heavy atom.